The molecule has 13 rings (SSSR count). The maximum Gasteiger partial charge on any atom is 0.248 e. The number of phenolic OH excluding ortho intramolecular Hbond substituents is 3. The molecule has 0 aromatic heterocycles. The molecule has 5 aromatic rings. The largest absolute Gasteiger partial charge is 0.508 e. The lowest BCUT2D eigenvalue weighted by atomic mass is 9.86. The fourth-order valence-electron chi connectivity index (χ4n) is 14.5. The zero-order valence-electron chi connectivity index (χ0n) is 61.4. The average molecular weight is 1570 g/mol. The molecule has 8 heterocycles. The lowest BCUT2D eigenvalue weighted by Gasteiger charge is -2.47. The van der Waals surface area contributed by atoms with Gasteiger partial charge in [-0.05, 0) is 123 Å². The zero-order valence-corrected chi connectivity index (χ0v) is 62.2. The van der Waals surface area contributed by atoms with Gasteiger partial charge >= 0.3 is 0 Å². The summed E-state index contributed by atoms with van der Waals surface area (Å²) in [5, 5.41) is 125. The van der Waals surface area contributed by atoms with Crippen molar-refractivity contribution in [2.75, 3.05) is 20.7 Å². The first kappa shape index (κ1) is 82.4. The van der Waals surface area contributed by atoms with E-state index in [1.54, 1.807) is 0 Å². The van der Waals surface area contributed by atoms with E-state index in [0.717, 1.165) is 36.4 Å². The molecule has 36 nitrogen and oxygen atoms in total. The second kappa shape index (κ2) is 33.4. The first-order valence-corrected chi connectivity index (χ1v) is 36.1. The van der Waals surface area contributed by atoms with Crippen molar-refractivity contribution in [3.63, 3.8) is 0 Å². The third-order valence-corrected chi connectivity index (χ3v) is 20.6. The summed E-state index contributed by atoms with van der Waals surface area (Å²) in [6, 6.07) is 2.43. The van der Waals surface area contributed by atoms with Crippen molar-refractivity contribution in [1.82, 2.24) is 42.5 Å². The van der Waals surface area contributed by atoms with E-state index in [1.807, 2.05) is 13.8 Å². The smallest absolute Gasteiger partial charge is 0.248 e. The van der Waals surface area contributed by atoms with Crippen molar-refractivity contribution in [2.45, 2.75) is 201 Å². The van der Waals surface area contributed by atoms with Crippen LogP contribution in [0.25, 0.3) is 11.1 Å². The minimum atomic E-state index is -2.37. The molecule has 111 heavy (non-hydrogen) atoms. The van der Waals surface area contributed by atoms with Gasteiger partial charge in [0, 0.05) is 48.2 Å². The molecule has 0 aliphatic carbocycles. The molecule has 8 amide bonds. The lowest BCUT2D eigenvalue weighted by Crippen LogP contribution is -2.64. The molecular formula is C74H92ClN11O25. The van der Waals surface area contributed by atoms with Crippen molar-refractivity contribution in [1.29, 1.82) is 0 Å². The highest BCUT2D eigenvalue weighted by atomic mass is 35.5. The van der Waals surface area contributed by atoms with Crippen LogP contribution in [0.1, 0.15) is 125 Å². The van der Waals surface area contributed by atoms with Crippen LogP contribution in [0.5, 0.6) is 46.0 Å². The molecule has 37 heteroatoms. The molecule has 8 aliphatic rings. The van der Waals surface area contributed by atoms with Crippen LogP contribution in [-0.4, -0.2) is 217 Å². The predicted molar refractivity (Wildman–Crippen MR) is 387 cm³/mol. The predicted octanol–water partition coefficient (Wildman–Crippen LogP) is -0.648. The van der Waals surface area contributed by atoms with E-state index in [9.17, 15) is 60.3 Å². The number of carbonyl (C=O) groups excluding carboxylic acids is 8. The Hall–Kier alpha value is -9.61. The number of amides is 8. The highest BCUT2D eigenvalue weighted by Crippen LogP contribution is 2.50. The van der Waals surface area contributed by atoms with Gasteiger partial charge in [0.2, 0.25) is 59.3 Å². The van der Waals surface area contributed by atoms with E-state index in [0.29, 0.717) is 0 Å². The normalized spacial score (nSPS) is 32.0. The third-order valence-electron chi connectivity index (χ3n) is 20.3. The summed E-state index contributed by atoms with van der Waals surface area (Å²) >= 11 is 7.15. The number of fused-ring (bicyclic) bond motifs is 14. The summed E-state index contributed by atoms with van der Waals surface area (Å²) < 4.78 is 51.9. The van der Waals surface area contributed by atoms with Crippen LogP contribution < -0.4 is 73.9 Å². The lowest BCUT2D eigenvalue weighted by molar-refractivity contribution is -0.333. The van der Waals surface area contributed by atoms with Crippen molar-refractivity contribution >= 4 is 58.9 Å². The number of aliphatic hydroxyl groups excluding tert-OH is 6. The van der Waals surface area contributed by atoms with Crippen LogP contribution in [0.3, 0.4) is 0 Å². The summed E-state index contributed by atoms with van der Waals surface area (Å²) in [4.78, 5) is 121. The van der Waals surface area contributed by atoms with Crippen molar-refractivity contribution in [2.24, 2.45) is 23.1 Å². The number of phenols is 3. The molecule has 600 valence electrons. The number of aliphatic hydroxyl groups is 6. The van der Waals surface area contributed by atoms with E-state index in [1.165, 1.54) is 90.3 Å². The van der Waals surface area contributed by atoms with Gasteiger partial charge in [-0.2, -0.15) is 0 Å². The molecular weight excluding hydrogens is 1480 g/mol. The van der Waals surface area contributed by atoms with Crippen LogP contribution in [0.2, 0.25) is 5.02 Å². The van der Waals surface area contributed by atoms with Gasteiger partial charge in [0.05, 0.1) is 48.5 Å². The van der Waals surface area contributed by atoms with Gasteiger partial charge in [-0.3, -0.25) is 38.4 Å². The molecule has 22 unspecified atom stereocenters. The standard InChI is InChI=1S/C74H92ClN11O25/c1-28(2)18-39(79-7)65(97)85-55-57(92)32-14-17-43(38(75)19-32)107-45-21-33-20-44(61(45)111-72-62(59(94)58(93)46(27-87)108-72)110-49-26-74(6,78)64(96)30(4)105-49)106-35-15-12-31(13-16-35)60(109-48-25-73(5,77)63(95)29(3)104-48)56-71(103)84-54(67(99)80-8)37-22-34(88)23-42(90)51(37)50-36(10-9-11-41(50)89)53(69(101)86-56)83-68(100)52(33)82-66(98)40(24-47(76)91)81-70(55)102/h9-17,19-23,28-30,39-40,46,48-49,52-60,62-64,72,79,87-90,92-96H,18,24-27,77-78H2,1-8H3,(H2,76,91)(H,80,99)(H,81,102)(H,82,98)(H,83,100)(H,84,103)(H,85,97)(H,86,101). The first-order valence-electron chi connectivity index (χ1n) is 35.7. The van der Waals surface area contributed by atoms with E-state index in [4.69, 9.17) is 66.7 Å². The van der Waals surface area contributed by atoms with Crippen LogP contribution in [-0.2, 0) is 62.0 Å². The molecule has 22 atom stereocenters. The van der Waals surface area contributed by atoms with Gasteiger partial charge in [0.15, 0.2) is 30.2 Å². The second-order valence-electron chi connectivity index (χ2n) is 29.4. The summed E-state index contributed by atoms with van der Waals surface area (Å²) in [6.45, 7) is 8.72. The summed E-state index contributed by atoms with van der Waals surface area (Å²) in [5.74, 6) is -14.5. The zero-order chi connectivity index (χ0) is 80.7. The molecule has 3 fully saturated rings. The van der Waals surface area contributed by atoms with Crippen molar-refractivity contribution in [3.05, 3.63) is 118 Å². The number of likely N-dealkylation sites (N-methyl/N-ethyl adjacent to an activating group) is 2. The Balaban J connectivity index is 1.19. The van der Waals surface area contributed by atoms with Gasteiger partial charge in [-0.1, -0.05) is 55.8 Å². The maximum absolute atomic E-state index is 16.5. The van der Waals surface area contributed by atoms with E-state index < -0.39 is 256 Å². The second-order valence-corrected chi connectivity index (χ2v) is 29.8. The fraction of sp³-hybridized carbons (Fsp3) is 0.486. The number of benzene rings is 5. The van der Waals surface area contributed by atoms with E-state index >= 15 is 24.0 Å². The van der Waals surface area contributed by atoms with Crippen LogP contribution >= 0.6 is 11.6 Å². The Bertz CT molecular complexity index is 4370. The van der Waals surface area contributed by atoms with Crippen molar-refractivity contribution < 1.29 is 122 Å². The van der Waals surface area contributed by atoms with Gasteiger partial charge in [0.1, 0.15) is 95.5 Å². The summed E-state index contributed by atoms with van der Waals surface area (Å²) in [6.07, 6.45) is -22.2. The molecule has 3 saturated heterocycles. The van der Waals surface area contributed by atoms with Gasteiger partial charge < -0.3 is 144 Å². The Kier molecular flexibility index (Phi) is 24.8. The number of primary amides is 1. The molecule has 23 N–H and O–H groups in total. The monoisotopic (exact) mass is 1570 g/mol. The van der Waals surface area contributed by atoms with Crippen LogP contribution in [0.4, 0.5) is 0 Å². The Morgan fingerprint density at radius 2 is 1.28 bits per heavy atom. The molecule has 9 bridgehead atoms. The third kappa shape index (κ3) is 17.5. The number of hydrogen-bond acceptors (Lipinski definition) is 28. The number of nitrogens with one attached hydrogen (secondary N) is 8. The first-order chi connectivity index (χ1) is 52.4. The number of halogens is 1. The van der Waals surface area contributed by atoms with Crippen LogP contribution in [0.15, 0.2) is 84.9 Å². The highest BCUT2D eigenvalue weighted by Gasteiger charge is 2.52. The maximum atomic E-state index is 16.5. The average Bonchev–Trinajstić information content (AvgIpc) is 1.72. The number of rotatable bonds is 15. The summed E-state index contributed by atoms with van der Waals surface area (Å²) in [5.41, 5.74) is 13.7. The Morgan fingerprint density at radius 3 is 1.88 bits per heavy atom. The Morgan fingerprint density at radius 1 is 0.667 bits per heavy atom. The number of ether oxygens (including phenoxy) is 8. The number of nitrogens with two attached hydrogens (primary N) is 3. The van der Waals surface area contributed by atoms with Gasteiger partial charge in [-0.15, -0.1) is 0 Å². The minimum absolute atomic E-state index is 0.00296. The Labute approximate surface area is 640 Å². The highest BCUT2D eigenvalue weighted by molar-refractivity contribution is 6.32. The molecule has 8 aliphatic heterocycles. The molecule has 0 radical (unpaired) electrons. The number of carbonyl (C=O) groups is 8. The number of aromatic hydroxyl groups is 3. The van der Waals surface area contributed by atoms with Crippen LogP contribution in [0, 0.1) is 5.92 Å². The van der Waals surface area contributed by atoms with Gasteiger partial charge in [-0.25, -0.2) is 0 Å². The van der Waals surface area contributed by atoms with E-state index in [-0.39, 0.29) is 52.8 Å². The fourth-order valence-corrected chi connectivity index (χ4v) is 14.7. The van der Waals surface area contributed by atoms with E-state index in [2.05, 4.69) is 42.5 Å². The minimum Gasteiger partial charge on any atom is -0.508 e. The topological polar surface area (TPSA) is 567 Å². The summed E-state index contributed by atoms with van der Waals surface area (Å²) in [7, 11) is 2.68. The quantitative estimate of drug-likeness (QED) is 0.0619. The molecule has 0 spiro atoms. The van der Waals surface area contributed by atoms with Gasteiger partial charge in [0.25, 0.3) is 0 Å². The molecule has 0 saturated carbocycles. The number of hydrogen-bond donors (Lipinski definition) is 20. The van der Waals surface area contributed by atoms with Crippen molar-refractivity contribution in [3.8, 4) is 57.1 Å². The SMILES string of the molecule is CNC(=O)C1NC(=O)C2NC(=O)C(NC(=O)C3NC(=O)C(CC(N)=O)NC(=O)C(NC(=O)C(CC(C)C)NC)C(O)c4ccc(c(Cl)c4)Oc4cc3cc(c4OC3OC(CO)C(O)C(O)C3OC3CC(C)(N)C(O)C(C)O3)Oc3ccc(cc3)C2OC2CC(C)(N)C(O)C(C)O2)c2cccc(O)c2-c2c(O)cc(O)cc21. The molecule has 5 aromatic carbocycles.